The Hall–Kier alpha value is -0.270. The lowest BCUT2D eigenvalue weighted by Crippen LogP contribution is -2.51. The van der Waals surface area contributed by atoms with E-state index in [9.17, 15) is 13.2 Å². The van der Waals surface area contributed by atoms with Gasteiger partial charge in [0.15, 0.2) is 9.84 Å². The van der Waals surface area contributed by atoms with Crippen molar-refractivity contribution in [2.24, 2.45) is 11.1 Å². The molecular formula is C14H28N2O3S2. The first-order valence-corrected chi connectivity index (χ1v) is 10.3. The molecule has 0 radical (unpaired) electrons. The predicted molar refractivity (Wildman–Crippen MR) is 89.0 cm³/mol. The van der Waals surface area contributed by atoms with Crippen molar-refractivity contribution >= 4 is 27.5 Å². The Morgan fingerprint density at radius 3 is 2.57 bits per heavy atom. The fourth-order valence-corrected chi connectivity index (χ4v) is 5.54. The van der Waals surface area contributed by atoms with Gasteiger partial charge in [-0.2, -0.15) is 11.8 Å². The molecule has 1 aliphatic heterocycles. The molecular weight excluding hydrogens is 308 g/mol. The second-order valence-electron chi connectivity index (χ2n) is 6.80. The SMILES string of the molecule is CCS(=O)(=O)C1CSCCN1C(=O)CC(N)CC(C)(C)C. The number of thioether (sulfide) groups is 1. The highest BCUT2D eigenvalue weighted by Crippen LogP contribution is 2.25. The van der Waals surface area contributed by atoms with Gasteiger partial charge >= 0.3 is 0 Å². The quantitative estimate of drug-likeness (QED) is 0.822. The Labute approximate surface area is 132 Å². The van der Waals surface area contributed by atoms with Crippen LogP contribution >= 0.6 is 11.8 Å². The smallest absolute Gasteiger partial charge is 0.225 e. The minimum absolute atomic E-state index is 0.0618. The molecule has 1 amide bonds. The maximum absolute atomic E-state index is 12.4. The summed E-state index contributed by atoms with van der Waals surface area (Å²) in [7, 11) is -3.24. The van der Waals surface area contributed by atoms with Gasteiger partial charge in [0.25, 0.3) is 0 Å². The van der Waals surface area contributed by atoms with Gasteiger partial charge in [0.05, 0.1) is 0 Å². The van der Waals surface area contributed by atoms with E-state index >= 15 is 0 Å². The monoisotopic (exact) mass is 336 g/mol. The molecule has 124 valence electrons. The maximum atomic E-state index is 12.4. The summed E-state index contributed by atoms with van der Waals surface area (Å²) in [6.07, 6.45) is 0.962. The number of amides is 1. The zero-order valence-corrected chi connectivity index (χ0v) is 15.1. The number of hydrogen-bond acceptors (Lipinski definition) is 5. The van der Waals surface area contributed by atoms with Gasteiger partial charge in [-0.05, 0) is 11.8 Å². The Kier molecular flexibility index (Phi) is 6.55. The predicted octanol–water partition coefficient (Wildman–Crippen LogP) is 1.48. The zero-order valence-electron chi connectivity index (χ0n) is 13.5. The van der Waals surface area contributed by atoms with Gasteiger partial charge in [-0.25, -0.2) is 8.42 Å². The average molecular weight is 337 g/mol. The van der Waals surface area contributed by atoms with E-state index in [1.807, 2.05) is 0 Å². The van der Waals surface area contributed by atoms with E-state index in [-0.39, 0.29) is 29.5 Å². The van der Waals surface area contributed by atoms with Crippen LogP contribution in [-0.4, -0.2) is 54.4 Å². The standard InChI is InChI=1S/C14H28N2O3S2/c1-5-21(18,19)13-10-20-7-6-16(13)12(17)8-11(15)9-14(2,3)4/h11,13H,5-10,15H2,1-4H3. The van der Waals surface area contributed by atoms with Crippen LogP contribution < -0.4 is 5.73 Å². The molecule has 5 nitrogen and oxygen atoms in total. The Morgan fingerprint density at radius 1 is 1.43 bits per heavy atom. The first-order chi connectivity index (χ1) is 9.57. The van der Waals surface area contributed by atoms with Crippen molar-refractivity contribution in [1.29, 1.82) is 0 Å². The lowest BCUT2D eigenvalue weighted by molar-refractivity contribution is -0.132. The highest BCUT2D eigenvalue weighted by atomic mass is 32.2. The molecule has 21 heavy (non-hydrogen) atoms. The van der Waals surface area contributed by atoms with Crippen molar-refractivity contribution in [2.75, 3.05) is 23.8 Å². The van der Waals surface area contributed by atoms with Gasteiger partial charge in [-0.15, -0.1) is 0 Å². The third-order valence-corrected chi connectivity index (χ3v) is 6.82. The van der Waals surface area contributed by atoms with Crippen molar-refractivity contribution in [3.63, 3.8) is 0 Å². The van der Waals surface area contributed by atoms with Crippen LogP contribution in [0.25, 0.3) is 0 Å². The van der Waals surface area contributed by atoms with E-state index in [2.05, 4.69) is 20.8 Å². The second kappa shape index (κ2) is 7.33. The van der Waals surface area contributed by atoms with E-state index in [0.717, 1.165) is 12.2 Å². The van der Waals surface area contributed by atoms with Crippen molar-refractivity contribution in [1.82, 2.24) is 4.90 Å². The molecule has 2 unspecified atom stereocenters. The van der Waals surface area contributed by atoms with Crippen molar-refractivity contribution < 1.29 is 13.2 Å². The highest BCUT2D eigenvalue weighted by Gasteiger charge is 2.36. The zero-order chi connectivity index (χ0) is 16.3. The fourth-order valence-electron chi connectivity index (χ4n) is 2.56. The number of sulfone groups is 1. The number of rotatable bonds is 5. The van der Waals surface area contributed by atoms with Crippen LogP contribution in [0.2, 0.25) is 0 Å². The van der Waals surface area contributed by atoms with Crippen molar-refractivity contribution in [3.8, 4) is 0 Å². The van der Waals surface area contributed by atoms with Crippen molar-refractivity contribution in [2.45, 2.75) is 52.0 Å². The van der Waals surface area contributed by atoms with Crippen LogP contribution in [0.5, 0.6) is 0 Å². The summed E-state index contributed by atoms with van der Waals surface area (Å²) in [5.74, 6) is 1.19. The number of hydrogen-bond donors (Lipinski definition) is 1. The molecule has 0 aromatic carbocycles. The molecule has 0 spiro atoms. The summed E-state index contributed by atoms with van der Waals surface area (Å²) < 4.78 is 24.3. The first-order valence-electron chi connectivity index (χ1n) is 7.41. The summed E-state index contributed by atoms with van der Waals surface area (Å²) in [6.45, 7) is 8.37. The fraction of sp³-hybridized carbons (Fsp3) is 0.929. The first kappa shape index (κ1) is 18.8. The summed E-state index contributed by atoms with van der Waals surface area (Å²) in [5, 5.41) is -0.685. The molecule has 1 aliphatic rings. The number of carbonyl (C=O) groups is 1. The largest absolute Gasteiger partial charge is 0.327 e. The molecule has 7 heteroatoms. The van der Waals surface area contributed by atoms with Gasteiger partial charge in [-0.1, -0.05) is 27.7 Å². The molecule has 0 aliphatic carbocycles. The molecule has 2 atom stereocenters. The maximum Gasteiger partial charge on any atom is 0.225 e. The molecule has 0 bridgehead atoms. The van der Waals surface area contributed by atoms with Gasteiger partial charge in [-0.3, -0.25) is 4.79 Å². The lowest BCUT2D eigenvalue weighted by Gasteiger charge is -2.35. The number of nitrogens with two attached hydrogens (primary N) is 1. The van der Waals surface area contributed by atoms with Crippen LogP contribution in [0, 0.1) is 5.41 Å². The molecule has 0 saturated carbocycles. The van der Waals surface area contributed by atoms with E-state index in [0.29, 0.717) is 12.3 Å². The minimum Gasteiger partial charge on any atom is -0.327 e. The van der Waals surface area contributed by atoms with E-state index < -0.39 is 15.2 Å². The van der Waals surface area contributed by atoms with Gasteiger partial charge in [0, 0.05) is 36.3 Å². The number of nitrogens with zero attached hydrogens (tertiary/aromatic N) is 1. The number of carbonyl (C=O) groups excluding carboxylic acids is 1. The van der Waals surface area contributed by atoms with Crippen LogP contribution in [-0.2, 0) is 14.6 Å². The summed E-state index contributed by atoms with van der Waals surface area (Å²) in [6, 6.07) is -0.225. The Morgan fingerprint density at radius 2 is 2.05 bits per heavy atom. The molecule has 2 N–H and O–H groups in total. The van der Waals surface area contributed by atoms with Crippen LogP contribution in [0.4, 0.5) is 0 Å². The van der Waals surface area contributed by atoms with Crippen molar-refractivity contribution in [3.05, 3.63) is 0 Å². The third kappa shape index (κ3) is 5.79. The Balaban J connectivity index is 2.74. The average Bonchev–Trinajstić information content (AvgIpc) is 2.36. The van der Waals surface area contributed by atoms with E-state index in [1.54, 1.807) is 18.7 Å². The van der Waals surface area contributed by atoms with Crippen LogP contribution in [0.15, 0.2) is 0 Å². The summed E-state index contributed by atoms with van der Waals surface area (Å²) in [4.78, 5) is 14.0. The lowest BCUT2D eigenvalue weighted by atomic mass is 9.87. The van der Waals surface area contributed by atoms with Gasteiger partial charge in [0.1, 0.15) is 5.37 Å². The molecule has 1 saturated heterocycles. The molecule has 0 aromatic rings. The minimum atomic E-state index is -3.24. The molecule has 1 rings (SSSR count). The normalized spacial score (nSPS) is 22.1. The Bertz CT molecular complexity index is 457. The second-order valence-corrected chi connectivity index (χ2v) is 10.4. The highest BCUT2D eigenvalue weighted by molar-refractivity contribution is 8.01. The molecule has 1 fully saturated rings. The topological polar surface area (TPSA) is 80.5 Å². The summed E-state index contributed by atoms with van der Waals surface area (Å²) >= 11 is 1.59. The third-order valence-electron chi connectivity index (χ3n) is 3.53. The molecule has 0 aromatic heterocycles. The van der Waals surface area contributed by atoms with E-state index in [4.69, 9.17) is 5.73 Å². The molecule has 1 heterocycles. The van der Waals surface area contributed by atoms with Gasteiger partial charge < -0.3 is 10.6 Å². The summed E-state index contributed by atoms with van der Waals surface area (Å²) in [5.41, 5.74) is 6.11. The van der Waals surface area contributed by atoms with Gasteiger partial charge in [0.2, 0.25) is 5.91 Å². The van der Waals surface area contributed by atoms with E-state index in [1.165, 1.54) is 4.90 Å². The van der Waals surface area contributed by atoms with Crippen LogP contribution in [0.1, 0.15) is 40.5 Å². The van der Waals surface area contributed by atoms with Crippen LogP contribution in [0.3, 0.4) is 0 Å².